The molecular weight excluding hydrogens is 272 g/mol. The Bertz CT molecular complexity index is 723. The fraction of sp³-hybridized carbons (Fsp3) is 0.286. The second-order valence-corrected chi connectivity index (χ2v) is 4.43. The third-order valence-electron chi connectivity index (χ3n) is 2.87. The van der Waals surface area contributed by atoms with E-state index in [0.29, 0.717) is 17.4 Å². The first kappa shape index (κ1) is 14.7. The number of aromatic nitrogens is 2. The Morgan fingerprint density at radius 3 is 2.71 bits per heavy atom. The molecule has 0 saturated heterocycles. The van der Waals surface area contributed by atoms with Gasteiger partial charge >= 0.3 is 0 Å². The Morgan fingerprint density at radius 2 is 1.95 bits per heavy atom. The van der Waals surface area contributed by atoms with Crippen LogP contribution in [0.4, 0.5) is 0 Å². The summed E-state index contributed by atoms with van der Waals surface area (Å²) in [6, 6.07) is 6.92. The zero-order valence-electron chi connectivity index (χ0n) is 11.6. The minimum Gasteiger partial charge on any atom is -0.355 e. The van der Waals surface area contributed by atoms with E-state index in [1.807, 2.05) is 0 Å². The molecule has 0 aliphatic carbocycles. The van der Waals surface area contributed by atoms with Crippen molar-refractivity contribution >= 4 is 22.7 Å². The van der Waals surface area contributed by atoms with Gasteiger partial charge in [0.1, 0.15) is 6.54 Å². The van der Waals surface area contributed by atoms with E-state index < -0.39 is 5.91 Å². The third-order valence-corrected chi connectivity index (χ3v) is 2.87. The molecule has 1 aromatic carbocycles. The molecule has 0 saturated carbocycles. The van der Waals surface area contributed by atoms with Crippen LogP contribution in [0, 0.1) is 0 Å². The van der Waals surface area contributed by atoms with Crippen molar-refractivity contribution < 1.29 is 9.59 Å². The number of benzene rings is 1. The molecule has 0 fully saturated rings. The first-order chi connectivity index (χ1) is 10.1. The van der Waals surface area contributed by atoms with Crippen LogP contribution in [0.2, 0.25) is 0 Å². The molecular formula is C14H16N4O3. The molecule has 2 aromatic rings. The van der Waals surface area contributed by atoms with E-state index in [2.05, 4.69) is 15.6 Å². The van der Waals surface area contributed by atoms with Gasteiger partial charge in [-0.1, -0.05) is 12.1 Å². The maximum absolute atomic E-state index is 12.2. The van der Waals surface area contributed by atoms with Gasteiger partial charge in [0.15, 0.2) is 0 Å². The Hall–Kier alpha value is -2.70. The molecule has 0 aliphatic rings. The molecule has 21 heavy (non-hydrogen) atoms. The number of fused-ring (bicyclic) bond motifs is 1. The average molecular weight is 288 g/mol. The fourth-order valence-electron chi connectivity index (χ4n) is 1.87. The van der Waals surface area contributed by atoms with Gasteiger partial charge in [0.25, 0.3) is 5.56 Å². The molecule has 0 radical (unpaired) electrons. The van der Waals surface area contributed by atoms with Crippen LogP contribution in [0.15, 0.2) is 35.4 Å². The number of carbonyl (C=O) groups excluding carboxylic acids is 2. The van der Waals surface area contributed by atoms with Crippen LogP contribution in [0.5, 0.6) is 0 Å². The number of para-hydroxylation sites is 1. The lowest BCUT2D eigenvalue weighted by molar-refractivity contribution is -0.126. The highest BCUT2D eigenvalue weighted by Crippen LogP contribution is 2.04. The topological polar surface area (TPSA) is 93.1 Å². The van der Waals surface area contributed by atoms with E-state index in [1.165, 1.54) is 10.9 Å². The van der Waals surface area contributed by atoms with Crippen LogP contribution in [-0.4, -0.2) is 34.5 Å². The van der Waals surface area contributed by atoms with Crippen molar-refractivity contribution in [3.05, 3.63) is 40.9 Å². The molecule has 0 spiro atoms. The van der Waals surface area contributed by atoms with E-state index >= 15 is 0 Å². The van der Waals surface area contributed by atoms with Crippen LogP contribution in [0.3, 0.4) is 0 Å². The maximum Gasteiger partial charge on any atom is 0.261 e. The zero-order valence-corrected chi connectivity index (χ0v) is 11.6. The van der Waals surface area contributed by atoms with Crippen molar-refractivity contribution in [3.8, 4) is 0 Å². The van der Waals surface area contributed by atoms with Crippen LogP contribution >= 0.6 is 0 Å². The molecule has 2 N–H and O–H groups in total. The summed E-state index contributed by atoms with van der Waals surface area (Å²) in [7, 11) is 0. The highest BCUT2D eigenvalue weighted by atomic mass is 16.2. The molecule has 2 amide bonds. The van der Waals surface area contributed by atoms with Gasteiger partial charge in [0.05, 0.1) is 23.8 Å². The molecule has 0 atom stereocenters. The zero-order chi connectivity index (χ0) is 15.2. The summed E-state index contributed by atoms with van der Waals surface area (Å²) in [5.74, 6) is -0.685. The number of likely N-dealkylation sites (N-methyl/N-ethyl adjacent to an activating group) is 1. The summed E-state index contributed by atoms with van der Waals surface area (Å²) in [5.41, 5.74) is 0.301. The van der Waals surface area contributed by atoms with E-state index in [-0.39, 0.29) is 24.6 Å². The molecule has 110 valence electrons. The van der Waals surface area contributed by atoms with Crippen molar-refractivity contribution in [2.24, 2.45) is 0 Å². The second kappa shape index (κ2) is 6.65. The lowest BCUT2D eigenvalue weighted by Gasteiger charge is -2.07. The standard InChI is InChI=1S/C14H16N4O3/c1-2-15-12(19)7-16-13(20)8-18-9-17-11-6-4-3-5-10(11)14(18)21/h3-6,9H,2,7-8H2,1H3,(H,15,19)(H,16,20). The van der Waals surface area contributed by atoms with Crippen molar-refractivity contribution in [1.82, 2.24) is 20.2 Å². The van der Waals surface area contributed by atoms with Crippen molar-refractivity contribution in [1.29, 1.82) is 0 Å². The Labute approximate surface area is 121 Å². The summed E-state index contributed by atoms with van der Waals surface area (Å²) >= 11 is 0. The summed E-state index contributed by atoms with van der Waals surface area (Å²) in [5, 5.41) is 5.47. The summed E-state index contributed by atoms with van der Waals surface area (Å²) in [6.07, 6.45) is 1.33. The molecule has 2 rings (SSSR count). The van der Waals surface area contributed by atoms with Gasteiger partial charge in [0, 0.05) is 6.54 Å². The van der Waals surface area contributed by atoms with Gasteiger partial charge in [0.2, 0.25) is 11.8 Å². The van der Waals surface area contributed by atoms with Crippen LogP contribution in [0.1, 0.15) is 6.92 Å². The predicted molar refractivity (Wildman–Crippen MR) is 77.7 cm³/mol. The summed E-state index contributed by atoms with van der Waals surface area (Å²) in [6.45, 7) is 2.02. The number of carbonyl (C=O) groups is 2. The lowest BCUT2D eigenvalue weighted by atomic mass is 10.2. The number of rotatable bonds is 5. The van der Waals surface area contributed by atoms with Crippen molar-refractivity contribution in [2.75, 3.05) is 13.1 Å². The fourth-order valence-corrected chi connectivity index (χ4v) is 1.87. The SMILES string of the molecule is CCNC(=O)CNC(=O)Cn1cnc2ccccc2c1=O. The van der Waals surface area contributed by atoms with Crippen molar-refractivity contribution in [2.45, 2.75) is 13.5 Å². The van der Waals surface area contributed by atoms with Gasteiger partial charge in [-0.25, -0.2) is 4.98 Å². The highest BCUT2D eigenvalue weighted by Gasteiger charge is 2.08. The Balaban J connectivity index is 2.06. The predicted octanol–water partition coefficient (Wildman–Crippen LogP) is -0.351. The van der Waals surface area contributed by atoms with Gasteiger partial charge < -0.3 is 10.6 Å². The molecule has 0 aliphatic heterocycles. The summed E-state index contributed by atoms with van der Waals surface area (Å²) in [4.78, 5) is 39.3. The Kier molecular flexibility index (Phi) is 4.65. The molecule has 1 aromatic heterocycles. The normalized spacial score (nSPS) is 10.3. The van der Waals surface area contributed by atoms with Gasteiger partial charge in [-0.15, -0.1) is 0 Å². The van der Waals surface area contributed by atoms with E-state index in [1.54, 1.807) is 31.2 Å². The number of hydrogen-bond acceptors (Lipinski definition) is 4. The molecule has 1 heterocycles. The smallest absolute Gasteiger partial charge is 0.261 e. The Morgan fingerprint density at radius 1 is 1.19 bits per heavy atom. The number of nitrogens with zero attached hydrogens (tertiary/aromatic N) is 2. The quantitative estimate of drug-likeness (QED) is 0.786. The van der Waals surface area contributed by atoms with Gasteiger partial charge in [-0.05, 0) is 19.1 Å². The van der Waals surface area contributed by atoms with E-state index in [4.69, 9.17) is 0 Å². The lowest BCUT2D eigenvalue weighted by Crippen LogP contribution is -2.39. The second-order valence-electron chi connectivity index (χ2n) is 4.43. The van der Waals surface area contributed by atoms with Crippen LogP contribution < -0.4 is 16.2 Å². The van der Waals surface area contributed by atoms with Crippen molar-refractivity contribution in [3.63, 3.8) is 0 Å². The number of nitrogens with one attached hydrogen (secondary N) is 2. The van der Waals surface area contributed by atoms with Gasteiger partial charge in [-0.3, -0.25) is 19.0 Å². The van der Waals surface area contributed by atoms with E-state index in [0.717, 1.165) is 0 Å². The molecule has 0 bridgehead atoms. The first-order valence-electron chi connectivity index (χ1n) is 6.59. The molecule has 0 unspecified atom stereocenters. The first-order valence-corrected chi connectivity index (χ1v) is 6.59. The maximum atomic E-state index is 12.2. The van der Waals surface area contributed by atoms with Crippen LogP contribution in [-0.2, 0) is 16.1 Å². The minimum atomic E-state index is -0.416. The van der Waals surface area contributed by atoms with Crippen LogP contribution in [0.25, 0.3) is 10.9 Å². The third kappa shape index (κ3) is 3.65. The molecule has 7 heteroatoms. The van der Waals surface area contributed by atoms with E-state index in [9.17, 15) is 14.4 Å². The summed E-state index contributed by atoms with van der Waals surface area (Å²) < 4.78 is 1.22. The molecule has 7 nitrogen and oxygen atoms in total. The number of hydrogen-bond donors (Lipinski definition) is 2. The highest BCUT2D eigenvalue weighted by molar-refractivity contribution is 5.84. The average Bonchev–Trinajstić information content (AvgIpc) is 2.49. The monoisotopic (exact) mass is 288 g/mol. The largest absolute Gasteiger partial charge is 0.355 e. The number of amides is 2. The van der Waals surface area contributed by atoms with Gasteiger partial charge in [-0.2, -0.15) is 0 Å². The minimum absolute atomic E-state index is 0.109.